The highest BCUT2D eigenvalue weighted by Crippen LogP contribution is 2.48. The van der Waals surface area contributed by atoms with Crippen molar-refractivity contribution in [1.82, 2.24) is 13.5 Å². The number of hydrogen-bond acceptors (Lipinski definition) is 0. The molecule has 0 amide bonds. The van der Waals surface area contributed by atoms with Crippen LogP contribution in [0, 0.1) is 0 Å². The van der Waals surface area contributed by atoms with E-state index >= 15 is 0 Å². The number of rotatable bonds is 2. The lowest BCUT2D eigenvalue weighted by atomic mass is 9.93. The van der Waals surface area contributed by atoms with Crippen LogP contribution in [0.3, 0.4) is 0 Å². The van der Waals surface area contributed by atoms with Crippen molar-refractivity contribution in [3.8, 4) is 11.4 Å². The molecular formula is C48H27N3. The van der Waals surface area contributed by atoms with Crippen LogP contribution in [-0.4, -0.2) is 13.5 Å². The van der Waals surface area contributed by atoms with Crippen molar-refractivity contribution in [2.24, 2.45) is 0 Å². The molecule has 0 fully saturated rings. The molecule has 0 aliphatic rings. The molecule has 234 valence electrons. The monoisotopic (exact) mass is 645 g/mol. The number of aromatic nitrogens is 3. The number of nitrogens with zero attached hydrogens (tertiary/aromatic N) is 3. The minimum atomic E-state index is 1.18. The fourth-order valence-electron chi connectivity index (χ4n) is 9.78. The summed E-state index contributed by atoms with van der Waals surface area (Å²) in [6, 6.07) is 60.7. The highest BCUT2D eigenvalue weighted by atomic mass is 15.0. The molecule has 4 heterocycles. The lowest BCUT2D eigenvalue weighted by Crippen LogP contribution is -1.95. The first-order valence-corrected chi connectivity index (χ1v) is 17.7. The Balaban J connectivity index is 1.15. The highest BCUT2D eigenvalue weighted by Gasteiger charge is 2.24. The van der Waals surface area contributed by atoms with E-state index < -0.39 is 0 Å². The van der Waals surface area contributed by atoms with Gasteiger partial charge < -0.3 is 13.5 Å². The average Bonchev–Trinajstić information content (AvgIpc) is 3.92. The van der Waals surface area contributed by atoms with Gasteiger partial charge in [0.05, 0.1) is 38.6 Å². The van der Waals surface area contributed by atoms with Crippen LogP contribution in [0.4, 0.5) is 0 Å². The Morgan fingerprint density at radius 1 is 0.255 bits per heavy atom. The van der Waals surface area contributed by atoms with E-state index in [4.69, 9.17) is 0 Å². The first-order valence-electron chi connectivity index (χ1n) is 17.7. The Labute approximate surface area is 291 Å². The van der Waals surface area contributed by atoms with Gasteiger partial charge in [0.25, 0.3) is 0 Å². The molecule has 0 saturated carbocycles. The van der Waals surface area contributed by atoms with Gasteiger partial charge in [0.2, 0.25) is 0 Å². The van der Waals surface area contributed by atoms with Crippen LogP contribution in [0.15, 0.2) is 164 Å². The second-order valence-corrected chi connectivity index (χ2v) is 14.1. The Bertz CT molecular complexity index is 3580. The topological polar surface area (TPSA) is 14.3 Å². The molecular weight excluding hydrogens is 619 g/mol. The van der Waals surface area contributed by atoms with Gasteiger partial charge >= 0.3 is 0 Å². The third-order valence-electron chi connectivity index (χ3n) is 11.7. The van der Waals surface area contributed by atoms with Gasteiger partial charge in [0.1, 0.15) is 0 Å². The van der Waals surface area contributed by atoms with Crippen molar-refractivity contribution < 1.29 is 0 Å². The van der Waals surface area contributed by atoms with E-state index in [1.54, 1.807) is 0 Å². The summed E-state index contributed by atoms with van der Waals surface area (Å²) < 4.78 is 7.41. The molecule has 0 aliphatic carbocycles. The maximum atomic E-state index is 2.52. The number of benzene rings is 9. The molecule has 51 heavy (non-hydrogen) atoms. The molecule has 0 bridgehead atoms. The van der Waals surface area contributed by atoms with Gasteiger partial charge in [0.15, 0.2) is 0 Å². The second kappa shape index (κ2) is 9.03. The molecule has 0 atom stereocenters. The molecule has 4 aromatic heterocycles. The summed E-state index contributed by atoms with van der Waals surface area (Å²) in [6.45, 7) is 0. The number of hydrogen-bond donors (Lipinski definition) is 0. The zero-order chi connectivity index (χ0) is 32.9. The van der Waals surface area contributed by atoms with Crippen molar-refractivity contribution in [3.63, 3.8) is 0 Å². The van der Waals surface area contributed by atoms with Gasteiger partial charge in [0, 0.05) is 54.5 Å². The maximum absolute atomic E-state index is 2.52. The predicted octanol–water partition coefficient (Wildman–Crippen LogP) is 12.8. The zero-order valence-corrected chi connectivity index (χ0v) is 27.4. The minimum absolute atomic E-state index is 1.18. The largest absolute Gasteiger partial charge is 0.309 e. The summed E-state index contributed by atoms with van der Waals surface area (Å²) in [5.74, 6) is 0. The normalized spacial score (nSPS) is 12.7. The van der Waals surface area contributed by atoms with E-state index in [9.17, 15) is 0 Å². The Kier molecular flexibility index (Phi) is 4.62. The van der Waals surface area contributed by atoms with Crippen molar-refractivity contribution in [2.75, 3.05) is 0 Å². The SMILES string of the molecule is c1ccc(-n2c3ccccc3c3c4c5ccccc5n(-c5ccc6c(c5)c5ccc7c8ccccc8c8cccc9c8c7c5n69)c4ccc32)cc1. The molecule has 0 saturated heterocycles. The molecule has 0 aliphatic heterocycles. The van der Waals surface area contributed by atoms with Crippen LogP contribution in [0.2, 0.25) is 0 Å². The molecule has 0 spiro atoms. The van der Waals surface area contributed by atoms with Crippen LogP contribution < -0.4 is 0 Å². The lowest BCUT2D eigenvalue weighted by molar-refractivity contribution is 1.17. The Morgan fingerprint density at radius 3 is 1.47 bits per heavy atom. The van der Waals surface area contributed by atoms with Crippen molar-refractivity contribution in [3.05, 3.63) is 164 Å². The second-order valence-electron chi connectivity index (χ2n) is 14.1. The van der Waals surface area contributed by atoms with Gasteiger partial charge in [-0.2, -0.15) is 0 Å². The molecule has 13 aromatic rings. The van der Waals surface area contributed by atoms with Gasteiger partial charge in [-0.25, -0.2) is 0 Å². The van der Waals surface area contributed by atoms with Gasteiger partial charge in [-0.05, 0) is 82.2 Å². The summed E-state index contributed by atoms with van der Waals surface area (Å²) >= 11 is 0. The first kappa shape index (κ1) is 26.1. The summed E-state index contributed by atoms with van der Waals surface area (Å²) in [7, 11) is 0. The van der Waals surface area contributed by atoms with Crippen LogP contribution in [-0.2, 0) is 0 Å². The average molecular weight is 646 g/mol. The molecule has 0 radical (unpaired) electrons. The van der Waals surface area contributed by atoms with Crippen LogP contribution in [0.25, 0.3) is 115 Å². The van der Waals surface area contributed by atoms with Gasteiger partial charge in [-0.3, -0.25) is 0 Å². The van der Waals surface area contributed by atoms with Crippen LogP contribution >= 0.6 is 0 Å². The minimum Gasteiger partial charge on any atom is -0.309 e. The molecule has 3 heteroatoms. The maximum Gasteiger partial charge on any atom is 0.0627 e. The smallest absolute Gasteiger partial charge is 0.0627 e. The molecule has 0 N–H and O–H groups in total. The Morgan fingerprint density at radius 2 is 0.765 bits per heavy atom. The summed E-state index contributed by atoms with van der Waals surface area (Å²) in [4.78, 5) is 0. The van der Waals surface area contributed by atoms with Crippen molar-refractivity contribution in [2.45, 2.75) is 0 Å². The van der Waals surface area contributed by atoms with Crippen LogP contribution in [0.1, 0.15) is 0 Å². The molecule has 0 unspecified atom stereocenters. The quantitative estimate of drug-likeness (QED) is 0.166. The lowest BCUT2D eigenvalue weighted by Gasteiger charge is -2.11. The van der Waals surface area contributed by atoms with Crippen LogP contribution in [0.5, 0.6) is 0 Å². The zero-order valence-electron chi connectivity index (χ0n) is 27.4. The van der Waals surface area contributed by atoms with E-state index in [2.05, 4.69) is 177 Å². The van der Waals surface area contributed by atoms with Gasteiger partial charge in [-0.15, -0.1) is 0 Å². The van der Waals surface area contributed by atoms with E-state index in [1.165, 1.54) is 115 Å². The summed E-state index contributed by atoms with van der Waals surface area (Å²) in [5.41, 5.74) is 11.1. The summed E-state index contributed by atoms with van der Waals surface area (Å²) in [6.07, 6.45) is 0. The van der Waals surface area contributed by atoms with E-state index in [0.29, 0.717) is 0 Å². The van der Waals surface area contributed by atoms with Crippen molar-refractivity contribution >= 4 is 103 Å². The third kappa shape index (κ3) is 3.04. The molecule has 9 aromatic carbocycles. The van der Waals surface area contributed by atoms with E-state index in [0.717, 1.165) is 0 Å². The number of fused-ring (bicyclic) bond motifs is 14. The van der Waals surface area contributed by atoms with E-state index in [1.807, 2.05) is 0 Å². The predicted molar refractivity (Wildman–Crippen MR) is 216 cm³/mol. The fraction of sp³-hybridized carbons (Fsp3) is 0. The Hall–Kier alpha value is -6.84. The molecule has 3 nitrogen and oxygen atoms in total. The van der Waals surface area contributed by atoms with Crippen molar-refractivity contribution in [1.29, 1.82) is 0 Å². The van der Waals surface area contributed by atoms with E-state index in [-0.39, 0.29) is 0 Å². The first-order chi connectivity index (χ1) is 25.3. The summed E-state index contributed by atoms with van der Waals surface area (Å²) in [5, 5.41) is 15.8. The number of para-hydroxylation sites is 3. The highest BCUT2D eigenvalue weighted by molar-refractivity contribution is 6.38. The third-order valence-corrected chi connectivity index (χ3v) is 11.7. The fourth-order valence-corrected chi connectivity index (χ4v) is 9.78. The van der Waals surface area contributed by atoms with Gasteiger partial charge in [-0.1, -0.05) is 103 Å². The standard InChI is InChI=1S/C48H27N3/c1-2-11-28(12-3-1)49-38-18-8-6-15-35(38)45-42(49)25-26-43-46(45)36-16-7-9-19-39(36)50(43)29-21-24-40-37(27-29)34-23-22-33-31-14-5-4-13-30(31)32-17-10-20-41-44(32)47(33)48(34)51(40)41/h1-27H. The molecule has 13 rings (SSSR count).